The molecule has 3 rings (SSSR count). The summed E-state index contributed by atoms with van der Waals surface area (Å²) in [6.07, 6.45) is 5.16. The Kier molecular flexibility index (Phi) is 4.29. The molecule has 0 saturated carbocycles. The Morgan fingerprint density at radius 3 is 2.85 bits per heavy atom. The molecule has 0 bridgehead atoms. The standard InChI is InChI=1S/C16H22ClFN2/c17-14-7-13(8-15(18)9-14)10-20-6-2-4-16(12-20)3-1-5-19-11-16/h7-9,19H,1-6,10-12H2. The van der Waals surface area contributed by atoms with Gasteiger partial charge in [0, 0.05) is 24.7 Å². The molecule has 1 atom stereocenters. The second-order valence-electron chi connectivity index (χ2n) is 6.37. The Labute approximate surface area is 125 Å². The Morgan fingerprint density at radius 1 is 1.25 bits per heavy atom. The van der Waals surface area contributed by atoms with Crippen LogP contribution in [-0.2, 0) is 6.54 Å². The van der Waals surface area contributed by atoms with Gasteiger partial charge in [0.05, 0.1) is 0 Å². The molecule has 110 valence electrons. The molecule has 1 unspecified atom stereocenters. The van der Waals surface area contributed by atoms with Gasteiger partial charge >= 0.3 is 0 Å². The topological polar surface area (TPSA) is 15.3 Å². The van der Waals surface area contributed by atoms with Crippen molar-refractivity contribution in [1.82, 2.24) is 10.2 Å². The summed E-state index contributed by atoms with van der Waals surface area (Å²) >= 11 is 5.94. The fourth-order valence-electron chi connectivity index (χ4n) is 3.78. The van der Waals surface area contributed by atoms with Crippen molar-refractivity contribution in [3.63, 3.8) is 0 Å². The molecule has 2 nitrogen and oxygen atoms in total. The fraction of sp³-hybridized carbons (Fsp3) is 0.625. The van der Waals surface area contributed by atoms with Gasteiger partial charge in [0.25, 0.3) is 0 Å². The summed E-state index contributed by atoms with van der Waals surface area (Å²) in [7, 11) is 0. The van der Waals surface area contributed by atoms with Crippen molar-refractivity contribution in [3.05, 3.63) is 34.6 Å². The van der Waals surface area contributed by atoms with Crippen molar-refractivity contribution < 1.29 is 4.39 Å². The first-order chi connectivity index (χ1) is 9.65. The average molecular weight is 297 g/mol. The van der Waals surface area contributed by atoms with Crippen LogP contribution in [0.25, 0.3) is 0 Å². The summed E-state index contributed by atoms with van der Waals surface area (Å²) < 4.78 is 13.4. The molecule has 1 N–H and O–H groups in total. The molecule has 0 radical (unpaired) electrons. The van der Waals surface area contributed by atoms with E-state index in [-0.39, 0.29) is 5.82 Å². The highest BCUT2D eigenvalue weighted by Crippen LogP contribution is 2.36. The van der Waals surface area contributed by atoms with E-state index in [1.165, 1.54) is 31.7 Å². The predicted octanol–water partition coefficient (Wildman–Crippen LogP) is 3.44. The lowest BCUT2D eigenvalue weighted by Gasteiger charge is -2.45. The number of benzene rings is 1. The number of piperidine rings is 2. The van der Waals surface area contributed by atoms with Crippen molar-refractivity contribution in [2.45, 2.75) is 32.2 Å². The highest BCUT2D eigenvalue weighted by molar-refractivity contribution is 6.30. The monoisotopic (exact) mass is 296 g/mol. The van der Waals surface area contributed by atoms with E-state index in [9.17, 15) is 4.39 Å². The normalized spacial score (nSPS) is 27.9. The molecule has 1 aromatic rings. The molecule has 2 saturated heterocycles. The first-order valence-corrected chi connectivity index (χ1v) is 7.91. The molecule has 20 heavy (non-hydrogen) atoms. The second-order valence-corrected chi connectivity index (χ2v) is 6.81. The lowest BCUT2D eigenvalue weighted by molar-refractivity contribution is 0.0600. The van der Waals surface area contributed by atoms with Crippen LogP contribution in [0, 0.1) is 11.2 Å². The van der Waals surface area contributed by atoms with Crippen molar-refractivity contribution in [1.29, 1.82) is 0 Å². The number of rotatable bonds is 2. The quantitative estimate of drug-likeness (QED) is 0.899. The Hall–Kier alpha value is -0.640. The molecule has 4 heteroatoms. The third kappa shape index (κ3) is 3.33. The average Bonchev–Trinajstić information content (AvgIpc) is 2.38. The van der Waals surface area contributed by atoms with Crippen LogP contribution in [0.5, 0.6) is 0 Å². The number of nitrogens with one attached hydrogen (secondary N) is 1. The second kappa shape index (κ2) is 6.00. The van der Waals surface area contributed by atoms with Gasteiger partial charge in [-0.3, -0.25) is 4.90 Å². The maximum Gasteiger partial charge on any atom is 0.125 e. The summed E-state index contributed by atoms with van der Waals surface area (Å²) in [6, 6.07) is 4.85. The number of nitrogens with zero attached hydrogens (tertiary/aromatic N) is 1. The van der Waals surface area contributed by atoms with Gasteiger partial charge in [-0.2, -0.15) is 0 Å². The van der Waals surface area contributed by atoms with Crippen LogP contribution in [0.2, 0.25) is 5.02 Å². The smallest absolute Gasteiger partial charge is 0.125 e. The fourth-order valence-corrected chi connectivity index (χ4v) is 4.03. The first kappa shape index (κ1) is 14.3. The summed E-state index contributed by atoms with van der Waals surface area (Å²) in [5, 5.41) is 4.03. The largest absolute Gasteiger partial charge is 0.316 e. The molecule has 2 aliphatic heterocycles. The molecule has 0 aromatic heterocycles. The summed E-state index contributed by atoms with van der Waals surface area (Å²) in [5.74, 6) is -0.237. The Bertz CT molecular complexity index is 446. The SMILES string of the molecule is Fc1cc(Cl)cc(CN2CCCC3(CCCNC3)C2)c1. The molecular weight excluding hydrogens is 275 g/mol. The molecule has 1 spiro atoms. The molecule has 0 amide bonds. The highest BCUT2D eigenvalue weighted by atomic mass is 35.5. The molecule has 0 aliphatic carbocycles. The van der Waals surface area contributed by atoms with Gasteiger partial charge in [0.1, 0.15) is 5.82 Å². The molecule has 1 aromatic carbocycles. The van der Waals surface area contributed by atoms with Crippen LogP contribution in [0.15, 0.2) is 18.2 Å². The van der Waals surface area contributed by atoms with Crippen LogP contribution < -0.4 is 5.32 Å². The predicted molar refractivity (Wildman–Crippen MR) is 80.5 cm³/mol. The van der Waals surface area contributed by atoms with Gasteiger partial charge in [-0.05, 0) is 68.0 Å². The zero-order chi connectivity index (χ0) is 14.0. The van der Waals surface area contributed by atoms with E-state index in [1.807, 2.05) is 6.07 Å². The van der Waals surface area contributed by atoms with E-state index in [2.05, 4.69) is 10.2 Å². The van der Waals surface area contributed by atoms with Crippen LogP contribution in [0.1, 0.15) is 31.2 Å². The van der Waals surface area contributed by atoms with Crippen molar-refractivity contribution in [2.24, 2.45) is 5.41 Å². The maximum absolute atomic E-state index is 13.4. The van der Waals surface area contributed by atoms with E-state index in [0.717, 1.165) is 38.3 Å². The lowest BCUT2D eigenvalue weighted by Crippen LogP contribution is -2.50. The van der Waals surface area contributed by atoms with Crippen molar-refractivity contribution >= 4 is 11.6 Å². The Balaban J connectivity index is 1.67. The summed E-state index contributed by atoms with van der Waals surface area (Å²) in [6.45, 7) is 5.32. The van der Waals surface area contributed by atoms with Crippen molar-refractivity contribution in [2.75, 3.05) is 26.2 Å². The van der Waals surface area contributed by atoms with Gasteiger partial charge in [-0.1, -0.05) is 11.6 Å². The summed E-state index contributed by atoms with van der Waals surface area (Å²) in [5.41, 5.74) is 1.42. The molecule has 2 heterocycles. The maximum atomic E-state index is 13.4. The minimum Gasteiger partial charge on any atom is -0.316 e. The van der Waals surface area contributed by atoms with E-state index in [4.69, 9.17) is 11.6 Å². The third-order valence-corrected chi connectivity index (χ3v) is 4.85. The zero-order valence-electron chi connectivity index (χ0n) is 11.8. The number of hydrogen-bond donors (Lipinski definition) is 1. The van der Waals surface area contributed by atoms with E-state index in [0.29, 0.717) is 10.4 Å². The number of likely N-dealkylation sites (tertiary alicyclic amines) is 1. The highest BCUT2D eigenvalue weighted by Gasteiger charge is 2.36. The van der Waals surface area contributed by atoms with E-state index in [1.54, 1.807) is 6.07 Å². The van der Waals surface area contributed by atoms with Gasteiger partial charge in [-0.15, -0.1) is 0 Å². The van der Waals surface area contributed by atoms with Crippen LogP contribution in [0.4, 0.5) is 4.39 Å². The van der Waals surface area contributed by atoms with Crippen LogP contribution >= 0.6 is 11.6 Å². The Morgan fingerprint density at radius 2 is 2.10 bits per heavy atom. The summed E-state index contributed by atoms with van der Waals surface area (Å²) in [4.78, 5) is 2.46. The number of hydrogen-bond acceptors (Lipinski definition) is 2. The van der Waals surface area contributed by atoms with E-state index < -0.39 is 0 Å². The van der Waals surface area contributed by atoms with Crippen LogP contribution in [-0.4, -0.2) is 31.1 Å². The molecule has 2 fully saturated rings. The zero-order valence-corrected chi connectivity index (χ0v) is 12.6. The number of halogens is 2. The van der Waals surface area contributed by atoms with Gasteiger partial charge in [-0.25, -0.2) is 4.39 Å². The molecular formula is C16H22ClFN2. The van der Waals surface area contributed by atoms with Gasteiger partial charge in [0.15, 0.2) is 0 Å². The third-order valence-electron chi connectivity index (χ3n) is 4.63. The minimum absolute atomic E-state index is 0.237. The lowest BCUT2D eigenvalue weighted by atomic mass is 9.74. The minimum atomic E-state index is -0.237. The van der Waals surface area contributed by atoms with Gasteiger partial charge in [0.2, 0.25) is 0 Å². The van der Waals surface area contributed by atoms with Gasteiger partial charge < -0.3 is 5.32 Å². The first-order valence-electron chi connectivity index (χ1n) is 7.53. The van der Waals surface area contributed by atoms with E-state index >= 15 is 0 Å². The van der Waals surface area contributed by atoms with Crippen LogP contribution in [0.3, 0.4) is 0 Å². The molecule has 2 aliphatic rings. The van der Waals surface area contributed by atoms with Crippen molar-refractivity contribution in [3.8, 4) is 0 Å².